The van der Waals surface area contributed by atoms with Gasteiger partial charge in [-0.05, 0) is 29.8 Å². The predicted molar refractivity (Wildman–Crippen MR) is 81.7 cm³/mol. The predicted octanol–water partition coefficient (Wildman–Crippen LogP) is 5.09. The smallest absolute Gasteiger partial charge is 0.150 e. The Hall–Kier alpha value is -1.65. The van der Waals surface area contributed by atoms with Crippen LogP contribution >= 0.6 is 27.5 Å². The molecule has 0 fully saturated rings. The number of hydrogen-bond acceptors (Lipinski definition) is 1. The Morgan fingerprint density at radius 3 is 2.65 bits per heavy atom. The fourth-order valence-electron chi connectivity index (χ4n) is 1.97. The number of benzene rings is 2. The molecule has 0 N–H and O–H groups in total. The van der Waals surface area contributed by atoms with Crippen molar-refractivity contribution in [1.29, 1.82) is 0 Å². The molecule has 0 saturated heterocycles. The monoisotopic (exact) mass is 350 g/mol. The normalized spacial score (nSPS) is 10.8. The first-order valence-electron chi connectivity index (χ1n) is 5.90. The number of hydrogen-bond donors (Lipinski definition) is 0. The maximum Gasteiger partial charge on any atom is 0.150 e. The van der Waals surface area contributed by atoms with Crippen LogP contribution in [0.4, 0.5) is 4.39 Å². The molecule has 0 aliphatic carbocycles. The van der Waals surface area contributed by atoms with Gasteiger partial charge in [-0.2, -0.15) is 5.10 Å². The average molecular weight is 352 g/mol. The van der Waals surface area contributed by atoms with Crippen LogP contribution < -0.4 is 0 Å². The van der Waals surface area contributed by atoms with Crippen LogP contribution in [0, 0.1) is 5.82 Å². The molecule has 0 aliphatic heterocycles. The fraction of sp³-hybridized carbons (Fsp3) is 0. The zero-order valence-electron chi connectivity index (χ0n) is 10.2. The highest BCUT2D eigenvalue weighted by Gasteiger charge is 2.11. The molecule has 0 bridgehead atoms. The van der Waals surface area contributed by atoms with Crippen LogP contribution in [-0.2, 0) is 0 Å². The first-order valence-corrected chi connectivity index (χ1v) is 7.07. The molecule has 3 aromatic rings. The van der Waals surface area contributed by atoms with E-state index < -0.39 is 5.82 Å². The molecule has 1 heterocycles. The SMILES string of the molecule is Fc1cccc(Cl)c1-n1cc(-c2cccc(Br)c2)cn1. The zero-order chi connectivity index (χ0) is 14.1. The Bertz CT molecular complexity index is 750. The summed E-state index contributed by atoms with van der Waals surface area (Å²) >= 11 is 9.46. The summed E-state index contributed by atoms with van der Waals surface area (Å²) in [4.78, 5) is 0. The first-order chi connectivity index (χ1) is 9.65. The summed E-state index contributed by atoms with van der Waals surface area (Å²) in [5.41, 5.74) is 2.15. The van der Waals surface area contributed by atoms with Gasteiger partial charge in [0.05, 0.1) is 11.2 Å². The highest BCUT2D eigenvalue weighted by atomic mass is 79.9. The lowest BCUT2D eigenvalue weighted by Gasteiger charge is -2.05. The molecular formula is C15H9BrClFN2. The molecule has 0 aliphatic rings. The Morgan fingerprint density at radius 2 is 1.90 bits per heavy atom. The molecule has 0 amide bonds. The van der Waals surface area contributed by atoms with Gasteiger partial charge in [-0.15, -0.1) is 0 Å². The van der Waals surface area contributed by atoms with Gasteiger partial charge in [0.15, 0.2) is 0 Å². The Kier molecular flexibility index (Phi) is 3.59. The second-order valence-electron chi connectivity index (χ2n) is 4.25. The summed E-state index contributed by atoms with van der Waals surface area (Å²) in [5.74, 6) is -0.401. The van der Waals surface area contributed by atoms with E-state index in [0.29, 0.717) is 5.02 Å². The minimum Gasteiger partial charge on any atom is -0.236 e. The molecule has 3 rings (SSSR count). The van der Waals surface area contributed by atoms with Gasteiger partial charge in [0.25, 0.3) is 0 Å². The van der Waals surface area contributed by atoms with Crippen LogP contribution in [0.2, 0.25) is 5.02 Å². The Labute approximate surface area is 128 Å². The van der Waals surface area contributed by atoms with Crippen LogP contribution in [-0.4, -0.2) is 9.78 Å². The van der Waals surface area contributed by atoms with Gasteiger partial charge in [-0.1, -0.05) is 45.7 Å². The second-order valence-corrected chi connectivity index (χ2v) is 5.58. The van der Waals surface area contributed by atoms with Crippen molar-refractivity contribution in [2.45, 2.75) is 0 Å². The molecule has 2 nitrogen and oxygen atoms in total. The summed E-state index contributed by atoms with van der Waals surface area (Å²) in [6.07, 6.45) is 3.44. The zero-order valence-corrected chi connectivity index (χ0v) is 12.6. The lowest BCUT2D eigenvalue weighted by Crippen LogP contribution is -1.98. The van der Waals surface area contributed by atoms with Crippen molar-refractivity contribution in [3.05, 3.63) is 70.2 Å². The van der Waals surface area contributed by atoms with Crippen LogP contribution in [0.3, 0.4) is 0 Å². The van der Waals surface area contributed by atoms with Crippen LogP contribution in [0.15, 0.2) is 59.3 Å². The molecule has 0 spiro atoms. The molecule has 1 aromatic heterocycles. The van der Waals surface area contributed by atoms with E-state index in [9.17, 15) is 4.39 Å². The minimum absolute atomic E-state index is 0.260. The van der Waals surface area contributed by atoms with E-state index in [0.717, 1.165) is 15.6 Å². The van der Waals surface area contributed by atoms with Crippen molar-refractivity contribution in [3.63, 3.8) is 0 Å². The van der Waals surface area contributed by atoms with Gasteiger partial charge in [0.1, 0.15) is 11.5 Å². The number of nitrogens with zero attached hydrogens (tertiary/aromatic N) is 2. The summed E-state index contributed by atoms with van der Waals surface area (Å²) in [7, 11) is 0. The van der Waals surface area contributed by atoms with E-state index in [4.69, 9.17) is 11.6 Å². The molecule has 5 heteroatoms. The largest absolute Gasteiger partial charge is 0.236 e. The number of aromatic nitrogens is 2. The van der Waals surface area contributed by atoms with E-state index in [1.54, 1.807) is 24.5 Å². The van der Waals surface area contributed by atoms with Gasteiger partial charge in [0, 0.05) is 16.2 Å². The standard InChI is InChI=1S/C15H9BrClFN2/c16-12-4-1-3-10(7-12)11-8-19-20(9-11)15-13(17)5-2-6-14(15)18/h1-9H. The third-order valence-electron chi connectivity index (χ3n) is 2.91. The second kappa shape index (κ2) is 5.38. The highest BCUT2D eigenvalue weighted by Crippen LogP contribution is 2.27. The van der Waals surface area contributed by atoms with Gasteiger partial charge in [0.2, 0.25) is 0 Å². The maximum absolute atomic E-state index is 13.9. The molecule has 100 valence electrons. The molecule has 20 heavy (non-hydrogen) atoms. The topological polar surface area (TPSA) is 17.8 Å². The van der Waals surface area contributed by atoms with Gasteiger partial charge in [-0.25, -0.2) is 9.07 Å². The molecule has 0 unspecified atom stereocenters. The third kappa shape index (κ3) is 2.49. The van der Waals surface area contributed by atoms with Crippen LogP contribution in [0.1, 0.15) is 0 Å². The molecule has 0 saturated carbocycles. The summed E-state index contributed by atoms with van der Waals surface area (Å²) in [6, 6.07) is 12.4. The quantitative estimate of drug-likeness (QED) is 0.628. The summed E-state index contributed by atoms with van der Waals surface area (Å²) in [6.45, 7) is 0. The minimum atomic E-state index is -0.401. The van der Waals surface area contributed by atoms with Crippen molar-refractivity contribution < 1.29 is 4.39 Å². The van der Waals surface area contributed by atoms with E-state index in [1.165, 1.54) is 10.7 Å². The van der Waals surface area contributed by atoms with Gasteiger partial charge < -0.3 is 0 Å². The maximum atomic E-state index is 13.9. The van der Waals surface area contributed by atoms with E-state index in [2.05, 4.69) is 21.0 Å². The van der Waals surface area contributed by atoms with Gasteiger partial charge >= 0.3 is 0 Å². The fourth-order valence-corrected chi connectivity index (χ4v) is 2.62. The first kappa shape index (κ1) is 13.3. The van der Waals surface area contributed by atoms with Crippen LogP contribution in [0.25, 0.3) is 16.8 Å². The van der Waals surface area contributed by atoms with E-state index in [1.807, 2.05) is 24.3 Å². The van der Waals surface area contributed by atoms with Crippen molar-refractivity contribution in [2.24, 2.45) is 0 Å². The third-order valence-corrected chi connectivity index (χ3v) is 3.71. The molecular weight excluding hydrogens is 343 g/mol. The Morgan fingerprint density at radius 1 is 1.10 bits per heavy atom. The number of halogens is 3. The summed E-state index contributed by atoms with van der Waals surface area (Å²) < 4.78 is 16.3. The van der Waals surface area contributed by atoms with Crippen molar-refractivity contribution >= 4 is 27.5 Å². The molecule has 0 radical (unpaired) electrons. The van der Waals surface area contributed by atoms with E-state index in [-0.39, 0.29) is 5.69 Å². The molecule has 0 atom stereocenters. The van der Waals surface area contributed by atoms with Crippen LogP contribution in [0.5, 0.6) is 0 Å². The average Bonchev–Trinajstić information content (AvgIpc) is 2.88. The highest BCUT2D eigenvalue weighted by molar-refractivity contribution is 9.10. The van der Waals surface area contributed by atoms with Gasteiger partial charge in [-0.3, -0.25) is 0 Å². The molecule has 2 aromatic carbocycles. The van der Waals surface area contributed by atoms with E-state index >= 15 is 0 Å². The lowest BCUT2D eigenvalue weighted by atomic mass is 10.1. The lowest BCUT2D eigenvalue weighted by molar-refractivity contribution is 0.611. The van der Waals surface area contributed by atoms with Crippen molar-refractivity contribution in [1.82, 2.24) is 9.78 Å². The Balaban J connectivity index is 2.07. The number of para-hydroxylation sites is 1. The van der Waals surface area contributed by atoms with Crippen molar-refractivity contribution in [3.8, 4) is 16.8 Å². The number of rotatable bonds is 2. The summed E-state index contributed by atoms with van der Waals surface area (Å²) in [5, 5.41) is 4.52. The van der Waals surface area contributed by atoms with Crippen molar-refractivity contribution in [2.75, 3.05) is 0 Å².